The quantitative estimate of drug-likeness (QED) is 0.0566. The van der Waals surface area contributed by atoms with Crippen molar-refractivity contribution in [2.75, 3.05) is 9.80 Å². The molecule has 0 bridgehead atoms. The molecular weight excluding hydrogens is 741 g/mol. The van der Waals surface area contributed by atoms with Crippen LogP contribution in [0.2, 0.25) is 0 Å². The van der Waals surface area contributed by atoms with E-state index < -0.39 is 0 Å². The summed E-state index contributed by atoms with van der Waals surface area (Å²) in [5.74, 6) is -0.867. The number of anilines is 2. The first-order valence-corrected chi connectivity index (χ1v) is 22.0. The zero-order valence-electron chi connectivity index (χ0n) is 36.4. The summed E-state index contributed by atoms with van der Waals surface area (Å²) in [5.41, 5.74) is 8.38. The first kappa shape index (κ1) is 39.6. The number of unbranched alkanes of at least 4 members (excludes halogenated alkanes) is 3. The zero-order chi connectivity index (χ0) is 42.5. The molecule has 0 saturated heterocycles. The van der Waals surface area contributed by atoms with Crippen LogP contribution in [0.3, 0.4) is 0 Å². The lowest BCUT2D eigenvalue weighted by molar-refractivity contribution is 0.0877. The van der Waals surface area contributed by atoms with E-state index in [9.17, 15) is 14.4 Å². The fourth-order valence-corrected chi connectivity index (χ4v) is 10.3. The van der Waals surface area contributed by atoms with Gasteiger partial charge in [0.15, 0.2) is 0 Å². The molecule has 304 valence electrons. The third-order valence-corrected chi connectivity index (χ3v) is 13.3. The minimum Gasteiger partial charge on any atom is -0.268 e. The molecule has 9 rings (SSSR count). The van der Waals surface area contributed by atoms with Crippen LogP contribution >= 0.6 is 0 Å². The highest BCUT2D eigenvalue weighted by Gasteiger charge is 2.41. The number of carbonyl (C=O) groups is 4. The van der Waals surface area contributed by atoms with E-state index >= 15 is 4.79 Å². The Morgan fingerprint density at radius 3 is 1.25 bits per heavy atom. The molecule has 0 radical (unpaired) electrons. The molecule has 0 saturated carbocycles. The summed E-state index contributed by atoms with van der Waals surface area (Å²) < 4.78 is 0. The number of benzene rings is 7. The average molecular weight is 795 g/mol. The van der Waals surface area contributed by atoms with E-state index in [1.165, 1.54) is 9.80 Å². The van der Waals surface area contributed by atoms with Gasteiger partial charge in [-0.05, 0) is 121 Å². The third-order valence-electron chi connectivity index (χ3n) is 13.3. The molecule has 6 nitrogen and oxygen atoms in total. The first-order valence-electron chi connectivity index (χ1n) is 22.0. The highest BCUT2D eigenvalue weighted by atomic mass is 16.2. The van der Waals surface area contributed by atoms with E-state index in [0.717, 1.165) is 92.2 Å². The van der Waals surface area contributed by atoms with Crippen molar-refractivity contribution in [2.45, 2.75) is 118 Å². The molecular formula is C54H54N2O4. The minimum absolute atomic E-state index is 0.0943. The van der Waals surface area contributed by atoms with Gasteiger partial charge in [0, 0.05) is 33.0 Å². The maximum absolute atomic E-state index is 15.2. The molecule has 7 aromatic carbocycles. The van der Waals surface area contributed by atoms with Crippen molar-refractivity contribution in [2.24, 2.45) is 0 Å². The van der Waals surface area contributed by atoms with E-state index in [1.807, 2.05) is 72.8 Å². The number of para-hydroxylation sites is 2. The molecule has 6 heteroatoms. The number of amides is 4. The third kappa shape index (κ3) is 5.66. The van der Waals surface area contributed by atoms with Crippen LogP contribution in [0, 0.1) is 0 Å². The van der Waals surface area contributed by atoms with E-state index in [0.29, 0.717) is 44.4 Å². The summed E-state index contributed by atoms with van der Waals surface area (Å²) in [7, 11) is 0. The second-order valence-electron chi connectivity index (χ2n) is 18.3. The van der Waals surface area contributed by atoms with Gasteiger partial charge in [0.05, 0.1) is 11.4 Å². The SMILES string of the molecule is CCCCCCc1cc2c3c(ccc4c5ccc6c7c(ccc(c1c34)c75)C(=O)N(c1c(C(C)C)cccc1C(C)C)C6=O)C(=O)N(c1c(C(C)C)cccc1C(C)C)C2=O. The van der Waals surface area contributed by atoms with Crippen molar-refractivity contribution >= 4 is 78.1 Å². The van der Waals surface area contributed by atoms with Gasteiger partial charge in [-0.25, -0.2) is 9.80 Å². The van der Waals surface area contributed by atoms with Crippen molar-refractivity contribution in [3.8, 4) is 0 Å². The number of carbonyl (C=O) groups excluding carboxylic acids is 4. The lowest BCUT2D eigenvalue weighted by Gasteiger charge is -2.34. The van der Waals surface area contributed by atoms with Crippen LogP contribution in [0.4, 0.5) is 11.4 Å². The predicted octanol–water partition coefficient (Wildman–Crippen LogP) is 14.0. The molecule has 2 aliphatic rings. The van der Waals surface area contributed by atoms with Gasteiger partial charge in [0.1, 0.15) is 0 Å². The number of hydrogen-bond donors (Lipinski definition) is 0. The molecule has 0 aliphatic carbocycles. The Bertz CT molecular complexity index is 2890. The molecule has 0 aromatic heterocycles. The number of nitrogens with zero attached hydrogens (tertiary/aromatic N) is 2. The second-order valence-corrected chi connectivity index (χ2v) is 18.3. The number of rotatable bonds is 11. The predicted molar refractivity (Wildman–Crippen MR) is 247 cm³/mol. The van der Waals surface area contributed by atoms with E-state index in [1.54, 1.807) is 0 Å². The molecule has 0 spiro atoms. The normalized spacial score (nSPS) is 14.4. The average Bonchev–Trinajstić information content (AvgIpc) is 3.22. The van der Waals surface area contributed by atoms with Gasteiger partial charge in [-0.3, -0.25) is 19.2 Å². The van der Waals surface area contributed by atoms with Gasteiger partial charge >= 0.3 is 0 Å². The maximum Gasteiger partial charge on any atom is 0.266 e. The van der Waals surface area contributed by atoms with Crippen molar-refractivity contribution in [3.63, 3.8) is 0 Å². The zero-order valence-corrected chi connectivity index (χ0v) is 36.4. The van der Waals surface area contributed by atoms with Gasteiger partial charge in [0.2, 0.25) is 0 Å². The molecule has 0 fully saturated rings. The van der Waals surface area contributed by atoms with Gasteiger partial charge in [-0.1, -0.05) is 136 Å². The molecule has 0 unspecified atom stereocenters. The lowest BCUT2D eigenvalue weighted by Crippen LogP contribution is -2.42. The standard InChI is InChI=1S/C54H54N2O4/c1-10-11-12-13-16-32-27-43-47-42(53(59)56(54(43)60)50-35(30(6)7)19-15-20-36(50)31(8)9)25-22-38-37-21-24-40-46-41(26-23-39(45(37)46)44(32)48(38)47)52(58)55(51(40)57)49-33(28(2)3)17-14-18-34(49)29(4)5/h14-15,17-31H,10-13,16H2,1-9H3. The van der Waals surface area contributed by atoms with Crippen LogP contribution < -0.4 is 9.80 Å². The van der Waals surface area contributed by atoms with Crippen LogP contribution in [0.5, 0.6) is 0 Å². The smallest absolute Gasteiger partial charge is 0.266 e. The van der Waals surface area contributed by atoms with Crippen molar-refractivity contribution < 1.29 is 19.2 Å². The highest BCUT2D eigenvalue weighted by molar-refractivity contribution is 6.45. The Hall–Kier alpha value is -5.88. The van der Waals surface area contributed by atoms with Crippen LogP contribution in [0.1, 0.15) is 181 Å². The molecule has 0 N–H and O–H groups in total. The largest absolute Gasteiger partial charge is 0.268 e. The summed E-state index contributed by atoms with van der Waals surface area (Å²) >= 11 is 0. The van der Waals surface area contributed by atoms with E-state index in [2.05, 4.69) is 68.4 Å². The summed E-state index contributed by atoms with van der Waals surface area (Å²) in [6.07, 6.45) is 4.96. The summed E-state index contributed by atoms with van der Waals surface area (Å²) in [6, 6.07) is 26.0. The number of hydrogen-bond acceptors (Lipinski definition) is 4. The Morgan fingerprint density at radius 2 is 0.817 bits per heavy atom. The van der Waals surface area contributed by atoms with Crippen LogP contribution in [0.15, 0.2) is 78.9 Å². The van der Waals surface area contributed by atoms with Crippen LogP contribution in [-0.4, -0.2) is 23.6 Å². The Labute approximate surface area is 352 Å². The number of fused-ring (bicyclic) bond motifs is 2. The number of imide groups is 2. The van der Waals surface area contributed by atoms with Gasteiger partial charge < -0.3 is 0 Å². The molecule has 0 atom stereocenters. The monoisotopic (exact) mass is 794 g/mol. The minimum atomic E-state index is -0.319. The summed E-state index contributed by atoms with van der Waals surface area (Å²) in [4.78, 5) is 62.8. The Balaban J connectivity index is 1.33. The van der Waals surface area contributed by atoms with E-state index in [-0.39, 0.29) is 47.3 Å². The molecule has 60 heavy (non-hydrogen) atoms. The van der Waals surface area contributed by atoms with Gasteiger partial charge in [-0.2, -0.15) is 0 Å². The fourth-order valence-electron chi connectivity index (χ4n) is 10.3. The van der Waals surface area contributed by atoms with Crippen molar-refractivity contribution in [1.29, 1.82) is 0 Å². The fraction of sp³-hybridized carbons (Fsp3) is 0.333. The van der Waals surface area contributed by atoms with E-state index in [4.69, 9.17) is 0 Å². The second kappa shape index (κ2) is 14.7. The lowest BCUT2D eigenvalue weighted by atomic mass is 9.79. The van der Waals surface area contributed by atoms with Crippen molar-refractivity contribution in [1.82, 2.24) is 0 Å². The molecule has 2 aliphatic heterocycles. The highest BCUT2D eigenvalue weighted by Crippen LogP contribution is 2.50. The topological polar surface area (TPSA) is 74.8 Å². The van der Waals surface area contributed by atoms with Crippen LogP contribution in [-0.2, 0) is 6.42 Å². The maximum atomic E-state index is 15.2. The molecule has 7 aromatic rings. The first-order chi connectivity index (χ1) is 28.8. The van der Waals surface area contributed by atoms with Crippen molar-refractivity contribution in [3.05, 3.63) is 129 Å². The van der Waals surface area contributed by atoms with Gasteiger partial charge in [0.25, 0.3) is 23.6 Å². The van der Waals surface area contributed by atoms with Gasteiger partial charge in [-0.15, -0.1) is 0 Å². The molecule has 4 amide bonds. The summed E-state index contributed by atoms with van der Waals surface area (Å²) in [5, 5.41) is 6.86. The van der Waals surface area contributed by atoms with Crippen LogP contribution in [0.25, 0.3) is 43.1 Å². The Kier molecular flexibility index (Phi) is 9.69. The molecule has 2 heterocycles. The summed E-state index contributed by atoms with van der Waals surface area (Å²) in [6.45, 7) is 19.0. The Morgan fingerprint density at radius 1 is 0.417 bits per heavy atom. The number of aryl methyl sites for hydroxylation is 1.